The number of alkyl halides is 3. The highest BCUT2D eigenvalue weighted by molar-refractivity contribution is 7.18. The SMILES string of the molecule is N[C@H]1CC[C@H](CN2CCC3(CCN(c4ncnc5sc(CC(F)(F)F)cc45)C3)C2)CC1. The molecule has 0 radical (unpaired) electrons. The van der Waals surface area contributed by atoms with E-state index in [1.807, 2.05) is 0 Å². The van der Waals surface area contributed by atoms with Crippen LogP contribution in [0.5, 0.6) is 0 Å². The molecule has 3 fully saturated rings. The average Bonchev–Trinajstić information content (AvgIpc) is 3.41. The van der Waals surface area contributed by atoms with Gasteiger partial charge in [0.1, 0.15) is 17.0 Å². The van der Waals surface area contributed by atoms with E-state index < -0.39 is 12.6 Å². The van der Waals surface area contributed by atoms with Crippen LogP contribution in [0.4, 0.5) is 19.0 Å². The highest BCUT2D eigenvalue weighted by Crippen LogP contribution is 2.43. The number of nitrogens with zero attached hydrogens (tertiary/aromatic N) is 4. The Morgan fingerprint density at radius 3 is 2.65 bits per heavy atom. The van der Waals surface area contributed by atoms with E-state index in [2.05, 4.69) is 19.8 Å². The normalized spacial score (nSPS) is 30.1. The van der Waals surface area contributed by atoms with E-state index in [0.29, 0.717) is 15.7 Å². The molecule has 0 aromatic carbocycles. The summed E-state index contributed by atoms with van der Waals surface area (Å²) in [6.07, 6.45) is 3.47. The minimum absolute atomic E-state index is 0.271. The molecule has 2 N–H and O–H groups in total. The predicted octanol–water partition coefficient (Wildman–Crippen LogP) is 4.22. The zero-order valence-corrected chi connectivity index (χ0v) is 18.5. The third-order valence-corrected chi connectivity index (χ3v) is 8.44. The molecule has 1 aliphatic carbocycles. The number of likely N-dealkylation sites (tertiary alicyclic amines) is 1. The maximum atomic E-state index is 12.8. The molecule has 3 aliphatic rings. The first-order valence-corrected chi connectivity index (χ1v) is 12.1. The van der Waals surface area contributed by atoms with Gasteiger partial charge in [-0.3, -0.25) is 0 Å². The second kappa shape index (κ2) is 8.15. The molecule has 5 rings (SSSR count). The molecule has 4 heterocycles. The summed E-state index contributed by atoms with van der Waals surface area (Å²) in [5.41, 5.74) is 6.33. The zero-order valence-electron chi connectivity index (χ0n) is 17.7. The Hall–Kier alpha value is -1.45. The average molecular weight is 454 g/mol. The van der Waals surface area contributed by atoms with Crippen LogP contribution in [-0.2, 0) is 6.42 Å². The largest absolute Gasteiger partial charge is 0.393 e. The van der Waals surface area contributed by atoms with Gasteiger partial charge in [0, 0.05) is 42.5 Å². The van der Waals surface area contributed by atoms with Crippen LogP contribution >= 0.6 is 11.3 Å². The van der Waals surface area contributed by atoms with Crippen molar-refractivity contribution in [3.8, 4) is 0 Å². The molecule has 0 bridgehead atoms. The Morgan fingerprint density at radius 1 is 1.10 bits per heavy atom. The van der Waals surface area contributed by atoms with Crippen molar-refractivity contribution in [3.63, 3.8) is 0 Å². The first-order chi connectivity index (χ1) is 14.8. The Labute approximate surface area is 184 Å². The van der Waals surface area contributed by atoms with E-state index in [1.54, 1.807) is 6.07 Å². The maximum Gasteiger partial charge on any atom is 0.393 e. The van der Waals surface area contributed by atoms with Gasteiger partial charge in [0.05, 0.1) is 11.8 Å². The van der Waals surface area contributed by atoms with Crippen LogP contribution in [0.25, 0.3) is 10.2 Å². The number of hydrogen-bond acceptors (Lipinski definition) is 6. The zero-order chi connectivity index (χ0) is 21.6. The van der Waals surface area contributed by atoms with Crippen LogP contribution in [0, 0.1) is 11.3 Å². The topological polar surface area (TPSA) is 58.3 Å². The number of hydrogen-bond donors (Lipinski definition) is 1. The lowest BCUT2D eigenvalue weighted by Gasteiger charge is -2.31. The van der Waals surface area contributed by atoms with Crippen molar-refractivity contribution >= 4 is 27.4 Å². The predicted molar refractivity (Wildman–Crippen MR) is 117 cm³/mol. The minimum Gasteiger partial charge on any atom is -0.355 e. The Morgan fingerprint density at radius 2 is 1.87 bits per heavy atom. The first kappa shape index (κ1) is 21.4. The summed E-state index contributed by atoms with van der Waals surface area (Å²) < 4.78 is 38.5. The summed E-state index contributed by atoms with van der Waals surface area (Å²) in [6, 6.07) is 2.03. The highest BCUT2D eigenvalue weighted by Gasteiger charge is 2.44. The molecule has 2 aliphatic heterocycles. The second-order valence-electron chi connectivity index (χ2n) is 9.86. The Balaban J connectivity index is 1.26. The number of aromatic nitrogens is 2. The molecule has 1 unspecified atom stereocenters. The summed E-state index contributed by atoms with van der Waals surface area (Å²) in [7, 11) is 0. The minimum atomic E-state index is -4.21. The van der Waals surface area contributed by atoms with Crippen LogP contribution < -0.4 is 10.6 Å². The maximum absolute atomic E-state index is 12.8. The summed E-state index contributed by atoms with van der Waals surface area (Å²) in [5, 5.41) is 0.761. The lowest BCUT2D eigenvalue weighted by Crippen LogP contribution is -2.35. The molecule has 170 valence electrons. The smallest absolute Gasteiger partial charge is 0.355 e. The van der Waals surface area contributed by atoms with E-state index in [1.165, 1.54) is 32.1 Å². The Bertz CT molecular complexity index is 923. The molecule has 9 heteroatoms. The van der Waals surface area contributed by atoms with E-state index in [4.69, 9.17) is 5.73 Å². The first-order valence-electron chi connectivity index (χ1n) is 11.3. The van der Waals surface area contributed by atoms with Crippen molar-refractivity contribution in [3.05, 3.63) is 17.3 Å². The van der Waals surface area contributed by atoms with Gasteiger partial charge in [-0.25, -0.2) is 9.97 Å². The quantitative estimate of drug-likeness (QED) is 0.751. The van der Waals surface area contributed by atoms with Crippen molar-refractivity contribution in [1.82, 2.24) is 14.9 Å². The lowest BCUT2D eigenvalue weighted by molar-refractivity contribution is -0.126. The van der Waals surface area contributed by atoms with Gasteiger partial charge in [0.15, 0.2) is 0 Å². The van der Waals surface area contributed by atoms with Gasteiger partial charge in [-0.05, 0) is 57.1 Å². The van der Waals surface area contributed by atoms with Gasteiger partial charge < -0.3 is 15.5 Å². The van der Waals surface area contributed by atoms with Crippen LogP contribution in [0.2, 0.25) is 0 Å². The van der Waals surface area contributed by atoms with Crippen molar-refractivity contribution in [2.75, 3.05) is 37.6 Å². The van der Waals surface area contributed by atoms with Crippen LogP contribution in [0.15, 0.2) is 12.4 Å². The molecule has 1 saturated carbocycles. The lowest BCUT2D eigenvalue weighted by atomic mass is 9.85. The molecule has 1 spiro atoms. The van der Waals surface area contributed by atoms with Gasteiger partial charge in [0.2, 0.25) is 0 Å². The number of halogens is 3. The van der Waals surface area contributed by atoms with Gasteiger partial charge in [-0.15, -0.1) is 11.3 Å². The van der Waals surface area contributed by atoms with E-state index in [0.717, 1.165) is 73.9 Å². The van der Waals surface area contributed by atoms with Gasteiger partial charge in [0.25, 0.3) is 0 Å². The molecular weight excluding hydrogens is 423 g/mol. The highest BCUT2D eigenvalue weighted by atomic mass is 32.1. The fraction of sp³-hybridized carbons (Fsp3) is 0.727. The summed E-state index contributed by atoms with van der Waals surface area (Å²) in [4.78, 5) is 14.6. The molecule has 31 heavy (non-hydrogen) atoms. The van der Waals surface area contributed by atoms with Crippen molar-refractivity contribution in [1.29, 1.82) is 0 Å². The second-order valence-corrected chi connectivity index (χ2v) is 11.0. The number of thiophene rings is 1. The number of nitrogens with two attached hydrogens (primary N) is 1. The molecule has 2 aromatic heterocycles. The molecule has 2 aromatic rings. The van der Waals surface area contributed by atoms with Crippen LogP contribution in [-0.4, -0.2) is 59.8 Å². The van der Waals surface area contributed by atoms with Crippen molar-refractivity contribution < 1.29 is 13.2 Å². The number of rotatable bonds is 4. The molecule has 0 amide bonds. The number of anilines is 1. The van der Waals surface area contributed by atoms with Gasteiger partial charge in [-0.2, -0.15) is 13.2 Å². The Kier molecular flexibility index (Phi) is 5.63. The fourth-order valence-corrected chi connectivity index (χ4v) is 6.82. The third-order valence-electron chi connectivity index (χ3n) is 7.40. The van der Waals surface area contributed by atoms with E-state index in [9.17, 15) is 13.2 Å². The monoisotopic (exact) mass is 453 g/mol. The molecule has 1 atom stereocenters. The van der Waals surface area contributed by atoms with E-state index >= 15 is 0 Å². The molecule has 2 saturated heterocycles. The summed E-state index contributed by atoms with van der Waals surface area (Å²) in [5.74, 6) is 1.57. The molecule has 5 nitrogen and oxygen atoms in total. The summed E-state index contributed by atoms with van der Waals surface area (Å²) in [6.45, 7) is 5.27. The molecular formula is C22H30F3N5S. The van der Waals surface area contributed by atoms with E-state index in [-0.39, 0.29) is 5.41 Å². The van der Waals surface area contributed by atoms with Crippen LogP contribution in [0.3, 0.4) is 0 Å². The van der Waals surface area contributed by atoms with Crippen LogP contribution in [0.1, 0.15) is 43.4 Å². The number of fused-ring (bicyclic) bond motifs is 1. The standard InChI is InChI=1S/C22H30F3N5S/c23-22(24,25)10-17-9-18-19(27-14-28-20(18)31-17)30-8-6-21(13-30)5-7-29(12-21)11-15-1-3-16(26)4-2-15/h9,14-16H,1-8,10-13,26H2/t15-,16-,21?. The van der Waals surface area contributed by atoms with Crippen molar-refractivity contribution in [2.45, 2.75) is 57.2 Å². The van der Waals surface area contributed by atoms with Crippen molar-refractivity contribution in [2.24, 2.45) is 17.1 Å². The fourth-order valence-electron chi connectivity index (χ4n) is 5.80. The van der Waals surface area contributed by atoms with Gasteiger partial charge in [-0.1, -0.05) is 0 Å². The van der Waals surface area contributed by atoms with Gasteiger partial charge >= 0.3 is 6.18 Å². The third kappa shape index (κ3) is 4.68. The summed E-state index contributed by atoms with van der Waals surface area (Å²) >= 11 is 1.13.